The van der Waals surface area contributed by atoms with Crippen molar-refractivity contribution in [3.8, 4) is 11.5 Å². The molecule has 4 nitrogen and oxygen atoms in total. The highest BCUT2D eigenvalue weighted by Gasteiger charge is 2.15. The normalized spacial score (nSPS) is 13.4. The largest absolute Gasteiger partial charge is 0.403 e. The maximum absolute atomic E-state index is 5.46. The Kier molecular flexibility index (Phi) is 2.62. The molecule has 1 aromatic carbocycles. The van der Waals surface area contributed by atoms with Crippen LogP contribution in [0.25, 0.3) is 15.0 Å². The van der Waals surface area contributed by atoms with Gasteiger partial charge in [0, 0.05) is 16.2 Å². The fraction of sp³-hybridized carbons (Fsp3) is 0.167. The molecule has 3 rings (SSSR count). The smallest absolute Gasteiger partial charge is 0.315 e. The number of hydrogen-bond donors (Lipinski definition) is 1. The minimum Gasteiger partial charge on any atom is -0.403 e. The zero-order valence-corrected chi connectivity index (χ0v) is 11.4. The van der Waals surface area contributed by atoms with Gasteiger partial charge in [-0.25, -0.2) is 0 Å². The van der Waals surface area contributed by atoms with Gasteiger partial charge in [0.25, 0.3) is 0 Å². The fourth-order valence-corrected chi connectivity index (χ4v) is 2.58. The lowest BCUT2D eigenvalue weighted by Crippen LogP contribution is -1.85. The van der Waals surface area contributed by atoms with Gasteiger partial charge in [0.05, 0.1) is 0 Å². The minimum absolute atomic E-state index is 0.436. The lowest BCUT2D eigenvalue weighted by atomic mass is 10.1. The van der Waals surface area contributed by atoms with Gasteiger partial charge in [-0.05, 0) is 52.3 Å². The summed E-state index contributed by atoms with van der Waals surface area (Å²) < 4.78 is 6.74. The summed E-state index contributed by atoms with van der Waals surface area (Å²) in [5.41, 5.74) is 3.58. The van der Waals surface area contributed by atoms with Crippen LogP contribution in [0.4, 0.5) is 6.01 Å². The minimum atomic E-state index is 0.436. The molecule has 1 aliphatic carbocycles. The number of aromatic nitrogens is 2. The third-order valence-corrected chi connectivity index (χ3v) is 3.78. The van der Waals surface area contributed by atoms with E-state index in [1.165, 1.54) is 14.7 Å². The van der Waals surface area contributed by atoms with Gasteiger partial charge >= 0.3 is 6.01 Å². The first-order chi connectivity index (χ1) is 8.28. The van der Waals surface area contributed by atoms with E-state index >= 15 is 0 Å². The molecule has 1 N–H and O–H groups in total. The molecule has 0 spiro atoms. The highest BCUT2D eigenvalue weighted by atomic mass is 127. The van der Waals surface area contributed by atoms with E-state index in [9.17, 15) is 0 Å². The lowest BCUT2D eigenvalue weighted by Gasteiger charge is -2.02. The second-order valence-corrected chi connectivity index (χ2v) is 4.95. The summed E-state index contributed by atoms with van der Waals surface area (Å²) in [4.78, 5) is 0. The van der Waals surface area contributed by atoms with Crippen molar-refractivity contribution in [1.29, 1.82) is 0 Å². The van der Waals surface area contributed by atoms with Crippen molar-refractivity contribution in [3.63, 3.8) is 0 Å². The third-order valence-electron chi connectivity index (χ3n) is 2.75. The summed E-state index contributed by atoms with van der Waals surface area (Å²) in [5, 5.41) is 10.7. The Hall–Kier alpha value is -1.37. The van der Waals surface area contributed by atoms with Crippen LogP contribution in [0.2, 0.25) is 0 Å². The zero-order chi connectivity index (χ0) is 11.8. The highest BCUT2D eigenvalue weighted by Crippen LogP contribution is 2.35. The second kappa shape index (κ2) is 4.14. The van der Waals surface area contributed by atoms with Crippen molar-refractivity contribution in [2.24, 2.45) is 0 Å². The monoisotopic (exact) mass is 339 g/mol. The van der Waals surface area contributed by atoms with Crippen LogP contribution in [-0.4, -0.2) is 17.2 Å². The molecule has 86 valence electrons. The molecular weight excluding hydrogens is 329 g/mol. The number of hydrogen-bond acceptors (Lipinski definition) is 4. The molecule has 0 amide bonds. The Morgan fingerprint density at radius 1 is 1.35 bits per heavy atom. The van der Waals surface area contributed by atoms with Gasteiger partial charge in [0.2, 0.25) is 5.89 Å². The van der Waals surface area contributed by atoms with E-state index in [-0.39, 0.29) is 0 Å². The van der Waals surface area contributed by atoms with E-state index in [4.69, 9.17) is 4.42 Å². The number of anilines is 1. The Morgan fingerprint density at radius 2 is 2.24 bits per heavy atom. The van der Waals surface area contributed by atoms with Gasteiger partial charge in [-0.2, -0.15) is 0 Å². The quantitative estimate of drug-likeness (QED) is 0.855. The van der Waals surface area contributed by atoms with E-state index in [0.29, 0.717) is 11.9 Å². The molecule has 0 unspecified atom stereocenters. The molecule has 0 saturated heterocycles. The number of halogens is 1. The Bertz CT molecular complexity index is 604. The summed E-state index contributed by atoms with van der Waals surface area (Å²) >= 11 is 2.35. The van der Waals surface area contributed by atoms with Crippen molar-refractivity contribution in [1.82, 2.24) is 10.2 Å². The number of allylic oxidation sites excluding steroid dienone is 1. The fourth-order valence-electron chi connectivity index (χ4n) is 1.86. The average molecular weight is 339 g/mol. The van der Waals surface area contributed by atoms with Crippen LogP contribution in [0, 0.1) is 0 Å². The first kappa shape index (κ1) is 10.8. The number of nitrogens with one attached hydrogen (secondary N) is 1. The summed E-state index contributed by atoms with van der Waals surface area (Å²) in [6.45, 7) is 0. The number of rotatable bonds is 2. The summed E-state index contributed by atoms with van der Waals surface area (Å²) in [5.74, 6) is 0.549. The molecule has 2 aromatic rings. The van der Waals surface area contributed by atoms with E-state index in [1.54, 1.807) is 7.05 Å². The van der Waals surface area contributed by atoms with Gasteiger partial charge in [-0.3, -0.25) is 0 Å². The summed E-state index contributed by atoms with van der Waals surface area (Å²) in [7, 11) is 1.76. The maximum Gasteiger partial charge on any atom is 0.315 e. The van der Waals surface area contributed by atoms with Crippen LogP contribution < -0.4 is 5.32 Å². The molecular formula is C12H10IN3O. The molecule has 5 heteroatoms. The average Bonchev–Trinajstić information content (AvgIpc) is 2.96. The van der Waals surface area contributed by atoms with Gasteiger partial charge in [-0.1, -0.05) is 17.2 Å². The van der Waals surface area contributed by atoms with Crippen molar-refractivity contribution < 1.29 is 4.42 Å². The van der Waals surface area contributed by atoms with Gasteiger partial charge in [0.15, 0.2) is 0 Å². The third kappa shape index (κ3) is 1.84. The van der Waals surface area contributed by atoms with Crippen LogP contribution >= 0.6 is 22.6 Å². The molecule has 0 radical (unpaired) electrons. The lowest BCUT2D eigenvalue weighted by molar-refractivity contribution is 0.585. The molecule has 0 fully saturated rings. The van der Waals surface area contributed by atoms with E-state index in [1.807, 2.05) is 6.07 Å². The summed E-state index contributed by atoms with van der Waals surface area (Å²) in [6.07, 6.45) is 3.24. The Morgan fingerprint density at radius 3 is 3.00 bits per heavy atom. The molecule has 17 heavy (non-hydrogen) atoms. The van der Waals surface area contributed by atoms with Crippen molar-refractivity contribution in [2.45, 2.75) is 6.42 Å². The molecule has 0 bridgehead atoms. The molecule has 0 atom stereocenters. The van der Waals surface area contributed by atoms with Crippen LogP contribution in [0.5, 0.6) is 0 Å². The Labute approximate surface area is 112 Å². The number of nitrogens with zero attached hydrogens (tertiary/aromatic N) is 2. The van der Waals surface area contributed by atoms with Crippen molar-refractivity contribution in [2.75, 3.05) is 12.4 Å². The van der Waals surface area contributed by atoms with Gasteiger partial charge in [-0.15, -0.1) is 5.10 Å². The number of benzene rings is 1. The van der Waals surface area contributed by atoms with Crippen LogP contribution in [-0.2, 0) is 6.42 Å². The van der Waals surface area contributed by atoms with Crippen molar-refractivity contribution in [3.05, 3.63) is 35.4 Å². The molecule has 1 aromatic heterocycles. The summed E-state index contributed by atoms with van der Waals surface area (Å²) in [6, 6.07) is 6.68. The van der Waals surface area contributed by atoms with Crippen LogP contribution in [0.15, 0.2) is 28.7 Å². The predicted octanol–water partition coefficient (Wildman–Crippen LogP) is 3.11. The highest BCUT2D eigenvalue weighted by molar-refractivity contribution is 14.1. The second-order valence-electron chi connectivity index (χ2n) is 3.79. The molecule has 1 heterocycles. The van der Waals surface area contributed by atoms with Crippen LogP contribution in [0.1, 0.15) is 11.1 Å². The zero-order valence-electron chi connectivity index (χ0n) is 9.20. The van der Waals surface area contributed by atoms with Crippen molar-refractivity contribution >= 4 is 32.2 Å². The SMILES string of the molecule is CNc1nnc(-c2ccc3c(c2)C(I)=CC3)o1. The molecule has 1 aliphatic rings. The van der Waals surface area contributed by atoms with Crippen LogP contribution in [0.3, 0.4) is 0 Å². The first-order valence-electron chi connectivity index (χ1n) is 5.28. The molecule has 0 aliphatic heterocycles. The van der Waals surface area contributed by atoms with E-state index in [0.717, 1.165) is 12.0 Å². The molecule has 0 saturated carbocycles. The maximum atomic E-state index is 5.46. The number of fused-ring (bicyclic) bond motifs is 1. The van der Waals surface area contributed by atoms with Gasteiger partial charge in [0.1, 0.15) is 0 Å². The van der Waals surface area contributed by atoms with E-state index in [2.05, 4.69) is 56.3 Å². The standard InChI is InChI=1S/C12H10IN3O/c1-14-12-16-15-11(17-12)8-3-2-7-4-5-10(13)9(7)6-8/h2-3,5-6H,4H2,1H3,(H,14,16). The van der Waals surface area contributed by atoms with E-state index < -0.39 is 0 Å². The van der Waals surface area contributed by atoms with Gasteiger partial charge < -0.3 is 9.73 Å². The Balaban J connectivity index is 2.04. The first-order valence-corrected chi connectivity index (χ1v) is 6.36. The topological polar surface area (TPSA) is 51.0 Å². The predicted molar refractivity (Wildman–Crippen MR) is 75.0 cm³/mol.